The predicted octanol–water partition coefficient (Wildman–Crippen LogP) is 6.33. The first-order valence-corrected chi connectivity index (χ1v) is 12.4. The van der Waals surface area contributed by atoms with E-state index >= 15 is 0 Å². The van der Waals surface area contributed by atoms with E-state index in [2.05, 4.69) is 10.3 Å². The molecular weight excluding hydrogens is 603 g/mol. The van der Waals surface area contributed by atoms with Crippen LogP contribution in [0.4, 0.5) is 29.9 Å². The first kappa shape index (κ1) is 28.0. The van der Waals surface area contributed by atoms with Crippen LogP contribution in [0.5, 0.6) is 0 Å². The fraction of sp³-hybridized carbons (Fsp3) is 0.280. The maximum Gasteiger partial charge on any atom is 0.426 e. The highest BCUT2D eigenvalue weighted by molar-refractivity contribution is 14.1. The Bertz CT molecular complexity index is 1340. The van der Waals surface area contributed by atoms with Gasteiger partial charge in [0, 0.05) is 28.9 Å². The number of anilines is 2. The number of ether oxygens (including phenoxy) is 2. The van der Waals surface area contributed by atoms with E-state index < -0.39 is 39.9 Å². The van der Waals surface area contributed by atoms with Crippen molar-refractivity contribution in [2.24, 2.45) is 0 Å². The van der Waals surface area contributed by atoms with E-state index in [1.54, 1.807) is 12.1 Å². The minimum atomic E-state index is -1.52. The number of nitrogens with zero attached hydrogens (tertiary/aromatic N) is 2. The number of carbonyl (C=O) groups excluding carboxylic acids is 2. The minimum Gasteiger partial charge on any atom is -0.479 e. The first-order chi connectivity index (χ1) is 17.6. The molecule has 0 radical (unpaired) electrons. The summed E-state index contributed by atoms with van der Waals surface area (Å²) in [6, 6.07) is 6.39. The smallest absolute Gasteiger partial charge is 0.426 e. The molecule has 12 heteroatoms. The van der Waals surface area contributed by atoms with Gasteiger partial charge in [-0.2, -0.15) is 4.90 Å². The molecule has 2 atom stereocenters. The Morgan fingerprint density at radius 3 is 2.51 bits per heavy atom. The maximum absolute atomic E-state index is 14.4. The van der Waals surface area contributed by atoms with Crippen LogP contribution in [0, 0.1) is 18.6 Å². The number of hydrogen-bond acceptors (Lipinski definition) is 7. The number of alkyl halides is 1. The van der Waals surface area contributed by atoms with Crippen LogP contribution in [-0.2, 0) is 14.3 Å². The highest BCUT2D eigenvalue weighted by atomic mass is 127. The Balaban J connectivity index is 2.00. The molecule has 0 saturated carbocycles. The highest BCUT2D eigenvalue weighted by Crippen LogP contribution is 2.31. The Hall–Kier alpha value is -3.55. The van der Waals surface area contributed by atoms with Gasteiger partial charge in [-0.1, -0.05) is 13.3 Å². The van der Waals surface area contributed by atoms with Crippen LogP contribution in [-0.4, -0.2) is 39.5 Å². The van der Waals surface area contributed by atoms with Gasteiger partial charge < -0.3 is 19.9 Å². The number of nitrogens with one attached hydrogen (secondary N) is 1. The van der Waals surface area contributed by atoms with Gasteiger partial charge >= 0.3 is 18.2 Å². The molecule has 0 aliphatic carbocycles. The Labute approximate surface area is 224 Å². The van der Waals surface area contributed by atoms with Crippen molar-refractivity contribution >= 4 is 63.0 Å². The summed E-state index contributed by atoms with van der Waals surface area (Å²) in [5.41, 5.74) is 0.156. The second-order valence-corrected chi connectivity index (χ2v) is 9.39. The van der Waals surface area contributed by atoms with Gasteiger partial charge in [0.25, 0.3) is 0 Å². The molecule has 0 aliphatic heterocycles. The summed E-state index contributed by atoms with van der Waals surface area (Å²) in [6.45, 7) is 3.33. The molecular formula is C25H24F2IN3O6. The van der Waals surface area contributed by atoms with Gasteiger partial charge in [-0.25, -0.2) is 28.1 Å². The third-order valence-electron chi connectivity index (χ3n) is 5.39. The van der Waals surface area contributed by atoms with Gasteiger partial charge in [-0.05, 0) is 77.2 Å². The van der Waals surface area contributed by atoms with Crippen molar-refractivity contribution in [1.29, 1.82) is 0 Å². The van der Waals surface area contributed by atoms with Crippen molar-refractivity contribution in [3.05, 3.63) is 65.4 Å². The number of carboxylic acids is 1. The molecule has 1 aromatic heterocycles. The van der Waals surface area contributed by atoms with Gasteiger partial charge in [0.1, 0.15) is 11.6 Å². The number of aliphatic carboxylic acids is 1. The Kier molecular flexibility index (Phi) is 9.18. The lowest BCUT2D eigenvalue weighted by atomic mass is 10.0. The topological polar surface area (TPSA) is 118 Å². The molecule has 37 heavy (non-hydrogen) atoms. The molecule has 2 aromatic carbocycles. The SMILES string of the molecule is CCCC(I)OC(=O)N(C(=O)OC)c1nccc2cc(NC(C(=O)O)c3cc(C)c(F)cc3F)ccc12. The molecule has 3 rings (SSSR count). The van der Waals surface area contributed by atoms with E-state index in [4.69, 9.17) is 9.47 Å². The average Bonchev–Trinajstić information content (AvgIpc) is 2.84. The van der Waals surface area contributed by atoms with Crippen molar-refractivity contribution in [2.75, 3.05) is 17.3 Å². The third-order valence-corrected chi connectivity index (χ3v) is 6.26. The summed E-state index contributed by atoms with van der Waals surface area (Å²) >= 11 is 1.95. The Morgan fingerprint density at radius 2 is 1.86 bits per heavy atom. The molecule has 0 aliphatic rings. The number of aryl methyl sites for hydroxylation is 1. The van der Waals surface area contributed by atoms with Gasteiger partial charge in [0.2, 0.25) is 0 Å². The summed E-state index contributed by atoms with van der Waals surface area (Å²) < 4.78 is 37.7. The second-order valence-electron chi connectivity index (χ2n) is 8.00. The number of aromatic nitrogens is 1. The molecule has 1 heterocycles. The lowest BCUT2D eigenvalue weighted by molar-refractivity contribution is -0.138. The van der Waals surface area contributed by atoms with Crippen LogP contribution in [0.15, 0.2) is 42.6 Å². The number of carboxylic acid groups (broad SMARTS) is 1. The normalized spacial score (nSPS) is 12.5. The number of benzene rings is 2. The number of hydrogen-bond donors (Lipinski definition) is 2. The van der Waals surface area contributed by atoms with Gasteiger partial charge in [-0.3, -0.25) is 0 Å². The van der Waals surface area contributed by atoms with E-state index in [1.807, 2.05) is 29.5 Å². The first-order valence-electron chi connectivity index (χ1n) is 11.1. The number of rotatable bonds is 8. The fourth-order valence-electron chi connectivity index (χ4n) is 3.56. The molecule has 3 aromatic rings. The van der Waals surface area contributed by atoms with E-state index in [9.17, 15) is 28.3 Å². The van der Waals surface area contributed by atoms with Crippen molar-refractivity contribution in [3.63, 3.8) is 0 Å². The molecule has 0 spiro atoms. The monoisotopic (exact) mass is 627 g/mol. The maximum atomic E-state index is 14.4. The van der Waals surface area contributed by atoms with E-state index in [0.29, 0.717) is 33.8 Å². The van der Waals surface area contributed by atoms with Crippen molar-refractivity contribution in [1.82, 2.24) is 4.98 Å². The number of halogens is 3. The molecule has 196 valence electrons. The molecule has 0 bridgehead atoms. The van der Waals surface area contributed by atoms with Gasteiger partial charge in [0.05, 0.1) is 7.11 Å². The summed E-state index contributed by atoms with van der Waals surface area (Å²) in [4.78, 5) is 42.1. The molecule has 0 fully saturated rings. The zero-order valence-electron chi connectivity index (χ0n) is 20.1. The zero-order valence-corrected chi connectivity index (χ0v) is 22.3. The summed E-state index contributed by atoms with van der Waals surface area (Å²) in [7, 11) is 1.12. The van der Waals surface area contributed by atoms with Crippen LogP contribution in [0.25, 0.3) is 10.8 Å². The largest absolute Gasteiger partial charge is 0.479 e. The molecule has 2 N–H and O–H groups in total. The fourth-order valence-corrected chi connectivity index (χ4v) is 4.40. The van der Waals surface area contributed by atoms with Crippen LogP contribution in [0.3, 0.4) is 0 Å². The van der Waals surface area contributed by atoms with Gasteiger partial charge in [-0.15, -0.1) is 0 Å². The zero-order chi connectivity index (χ0) is 27.3. The number of carbonyl (C=O) groups is 3. The van der Waals surface area contributed by atoms with E-state index in [1.165, 1.54) is 25.3 Å². The molecule has 9 nitrogen and oxygen atoms in total. The van der Waals surface area contributed by atoms with Crippen molar-refractivity contribution < 1.29 is 37.7 Å². The molecule has 2 unspecified atom stereocenters. The van der Waals surface area contributed by atoms with Crippen LogP contribution >= 0.6 is 22.6 Å². The van der Waals surface area contributed by atoms with Crippen LogP contribution < -0.4 is 10.2 Å². The lowest BCUT2D eigenvalue weighted by Gasteiger charge is -2.22. The number of amides is 2. The number of pyridine rings is 1. The molecule has 0 saturated heterocycles. The van der Waals surface area contributed by atoms with E-state index in [0.717, 1.165) is 19.6 Å². The van der Waals surface area contributed by atoms with Crippen LogP contribution in [0.2, 0.25) is 0 Å². The Morgan fingerprint density at radius 1 is 1.14 bits per heavy atom. The number of imide groups is 1. The van der Waals surface area contributed by atoms with Crippen molar-refractivity contribution in [3.8, 4) is 0 Å². The second kappa shape index (κ2) is 12.1. The highest BCUT2D eigenvalue weighted by Gasteiger charge is 2.31. The summed E-state index contributed by atoms with van der Waals surface area (Å²) in [5, 5.41) is 13.3. The van der Waals surface area contributed by atoms with E-state index in [-0.39, 0.29) is 16.9 Å². The lowest BCUT2D eigenvalue weighted by Crippen LogP contribution is -2.39. The minimum absolute atomic E-state index is 0.0454. The molecule has 2 amide bonds. The number of methoxy groups -OCH3 is 1. The van der Waals surface area contributed by atoms with Crippen LogP contribution in [0.1, 0.15) is 36.9 Å². The quantitative estimate of drug-likeness (QED) is 0.220. The average molecular weight is 627 g/mol. The standard InChI is InChI=1S/C25H24F2IN3O6/c1-4-5-20(28)37-25(35)31(24(34)36-3)22-16-7-6-15(11-14(16)8-9-29-22)30-21(23(32)33)17-10-13(2)18(26)12-19(17)27/h6-12,20-21,30H,4-5H2,1-3H3,(H,32,33). The van der Waals surface area contributed by atoms with Crippen molar-refractivity contribution in [2.45, 2.75) is 36.8 Å². The van der Waals surface area contributed by atoms with Gasteiger partial charge in [0.15, 0.2) is 16.0 Å². The third kappa shape index (κ3) is 6.42. The predicted molar refractivity (Wildman–Crippen MR) is 141 cm³/mol. The summed E-state index contributed by atoms with van der Waals surface area (Å²) in [6.07, 6.45) is 0.740. The summed E-state index contributed by atoms with van der Waals surface area (Å²) in [5.74, 6) is -3.20. The number of fused-ring (bicyclic) bond motifs is 1.